The standard InChI is InChI=1S/C28H29N3O3/c1-19-8-6-9-20(2)27(19)31-18-21(16-26(31)32)28-29-24-12-4-5-13-25(24)30(28)14-15-34-23-11-7-10-22(17-23)33-3/h4-13,17,21H,14-16,18H2,1-3H3. The molecule has 1 unspecified atom stereocenters. The number of hydrogen-bond acceptors (Lipinski definition) is 4. The lowest BCUT2D eigenvalue weighted by atomic mass is 10.1. The Kier molecular flexibility index (Phi) is 5.97. The number of benzene rings is 3. The van der Waals surface area contributed by atoms with Gasteiger partial charge in [0.1, 0.15) is 23.9 Å². The minimum Gasteiger partial charge on any atom is -0.497 e. The van der Waals surface area contributed by atoms with E-state index in [1.807, 2.05) is 53.4 Å². The molecule has 0 N–H and O–H groups in total. The van der Waals surface area contributed by atoms with Gasteiger partial charge in [-0.1, -0.05) is 36.4 Å². The number of hydrogen-bond donors (Lipinski definition) is 0. The van der Waals surface area contributed by atoms with Gasteiger partial charge in [0.2, 0.25) is 5.91 Å². The molecule has 0 aliphatic carbocycles. The monoisotopic (exact) mass is 455 g/mol. The summed E-state index contributed by atoms with van der Waals surface area (Å²) in [6, 6.07) is 21.9. The maximum atomic E-state index is 13.1. The molecule has 0 bridgehead atoms. The van der Waals surface area contributed by atoms with Crippen LogP contribution in [0.5, 0.6) is 11.5 Å². The number of anilines is 1. The highest BCUT2D eigenvalue weighted by Gasteiger charge is 2.35. The van der Waals surface area contributed by atoms with Gasteiger partial charge in [-0.15, -0.1) is 0 Å². The maximum absolute atomic E-state index is 13.1. The summed E-state index contributed by atoms with van der Waals surface area (Å²) < 4.78 is 13.5. The molecule has 1 aromatic heterocycles. The highest BCUT2D eigenvalue weighted by molar-refractivity contribution is 5.98. The summed E-state index contributed by atoms with van der Waals surface area (Å²) in [5.41, 5.74) is 5.27. The quantitative estimate of drug-likeness (QED) is 0.381. The van der Waals surface area contributed by atoms with E-state index in [4.69, 9.17) is 14.5 Å². The lowest BCUT2D eigenvalue weighted by molar-refractivity contribution is -0.117. The van der Waals surface area contributed by atoms with E-state index in [0.717, 1.165) is 45.2 Å². The average Bonchev–Trinajstić information content (AvgIpc) is 3.40. The molecule has 1 fully saturated rings. The molecule has 1 atom stereocenters. The number of amides is 1. The van der Waals surface area contributed by atoms with Crippen LogP contribution in [0.3, 0.4) is 0 Å². The Hall–Kier alpha value is -3.80. The van der Waals surface area contributed by atoms with Crippen molar-refractivity contribution in [3.63, 3.8) is 0 Å². The van der Waals surface area contributed by atoms with Gasteiger partial charge in [0.05, 0.1) is 24.7 Å². The summed E-state index contributed by atoms with van der Waals surface area (Å²) in [7, 11) is 1.65. The average molecular weight is 456 g/mol. The number of carbonyl (C=O) groups is 1. The van der Waals surface area contributed by atoms with Crippen molar-refractivity contribution in [2.24, 2.45) is 0 Å². The molecule has 1 aliphatic heterocycles. The first-order chi connectivity index (χ1) is 16.5. The van der Waals surface area contributed by atoms with E-state index >= 15 is 0 Å². The van der Waals surface area contributed by atoms with Crippen molar-refractivity contribution in [3.8, 4) is 11.5 Å². The van der Waals surface area contributed by atoms with Crippen LogP contribution in [-0.4, -0.2) is 35.7 Å². The van der Waals surface area contributed by atoms with E-state index in [-0.39, 0.29) is 11.8 Å². The van der Waals surface area contributed by atoms with Crippen LogP contribution in [0.25, 0.3) is 11.0 Å². The zero-order valence-corrected chi connectivity index (χ0v) is 19.8. The summed E-state index contributed by atoms with van der Waals surface area (Å²) in [6.07, 6.45) is 0.452. The molecule has 174 valence electrons. The largest absolute Gasteiger partial charge is 0.497 e. The zero-order chi connectivity index (χ0) is 23.7. The van der Waals surface area contributed by atoms with Crippen molar-refractivity contribution in [2.45, 2.75) is 32.7 Å². The van der Waals surface area contributed by atoms with Crippen LogP contribution >= 0.6 is 0 Å². The molecule has 2 heterocycles. The topological polar surface area (TPSA) is 56.6 Å². The summed E-state index contributed by atoms with van der Waals surface area (Å²) in [5, 5.41) is 0. The lowest BCUT2D eigenvalue weighted by Crippen LogP contribution is -2.26. The van der Waals surface area contributed by atoms with Gasteiger partial charge in [0.15, 0.2) is 0 Å². The minimum atomic E-state index is 0.0238. The Balaban J connectivity index is 1.41. The van der Waals surface area contributed by atoms with Crippen LogP contribution in [0.4, 0.5) is 5.69 Å². The molecule has 6 heteroatoms. The van der Waals surface area contributed by atoms with Crippen LogP contribution < -0.4 is 14.4 Å². The number of para-hydroxylation sites is 3. The van der Waals surface area contributed by atoms with Crippen LogP contribution in [0.1, 0.15) is 29.3 Å². The first-order valence-electron chi connectivity index (χ1n) is 11.6. The van der Waals surface area contributed by atoms with Gasteiger partial charge in [-0.05, 0) is 49.2 Å². The Bertz CT molecular complexity index is 1320. The number of ether oxygens (including phenoxy) is 2. The third kappa shape index (κ3) is 4.12. The Morgan fingerprint density at radius 1 is 0.971 bits per heavy atom. The first kappa shape index (κ1) is 22.0. The molecule has 3 aromatic carbocycles. The zero-order valence-electron chi connectivity index (χ0n) is 19.8. The molecule has 1 amide bonds. The molecule has 5 rings (SSSR count). The Morgan fingerprint density at radius 3 is 2.50 bits per heavy atom. The Morgan fingerprint density at radius 2 is 1.71 bits per heavy atom. The predicted molar refractivity (Wildman–Crippen MR) is 134 cm³/mol. The minimum absolute atomic E-state index is 0.0238. The molecule has 0 saturated carbocycles. The molecular weight excluding hydrogens is 426 g/mol. The maximum Gasteiger partial charge on any atom is 0.227 e. The molecule has 1 saturated heterocycles. The van der Waals surface area contributed by atoms with Gasteiger partial charge in [-0.2, -0.15) is 0 Å². The van der Waals surface area contributed by atoms with Crippen LogP contribution in [0.15, 0.2) is 66.7 Å². The fourth-order valence-electron chi connectivity index (χ4n) is 4.91. The van der Waals surface area contributed by atoms with Crippen molar-refractivity contribution in [2.75, 3.05) is 25.2 Å². The number of aromatic nitrogens is 2. The van der Waals surface area contributed by atoms with Gasteiger partial charge in [-0.25, -0.2) is 4.98 Å². The molecular formula is C28H29N3O3. The smallest absolute Gasteiger partial charge is 0.227 e. The number of imidazole rings is 1. The van der Waals surface area contributed by atoms with E-state index in [0.29, 0.717) is 26.1 Å². The van der Waals surface area contributed by atoms with Gasteiger partial charge in [-0.3, -0.25) is 4.79 Å². The molecule has 0 radical (unpaired) electrons. The highest BCUT2D eigenvalue weighted by atomic mass is 16.5. The van der Waals surface area contributed by atoms with Crippen LogP contribution in [-0.2, 0) is 11.3 Å². The van der Waals surface area contributed by atoms with E-state index in [2.05, 4.69) is 36.6 Å². The summed E-state index contributed by atoms with van der Waals surface area (Å²) in [4.78, 5) is 20.0. The van der Waals surface area contributed by atoms with Gasteiger partial charge in [0, 0.05) is 30.6 Å². The normalized spacial score (nSPS) is 15.8. The lowest BCUT2D eigenvalue weighted by Gasteiger charge is -2.21. The van der Waals surface area contributed by atoms with Crippen molar-refractivity contribution >= 4 is 22.6 Å². The second-order valence-electron chi connectivity index (χ2n) is 8.78. The summed E-state index contributed by atoms with van der Waals surface area (Å²) in [5.74, 6) is 2.65. The molecule has 0 spiro atoms. The fraction of sp³-hybridized carbons (Fsp3) is 0.286. The number of fused-ring (bicyclic) bond motifs is 1. The van der Waals surface area contributed by atoms with Crippen molar-refractivity contribution < 1.29 is 14.3 Å². The van der Waals surface area contributed by atoms with E-state index in [1.54, 1.807) is 7.11 Å². The van der Waals surface area contributed by atoms with E-state index < -0.39 is 0 Å². The third-order valence-corrected chi connectivity index (χ3v) is 6.51. The number of carbonyl (C=O) groups excluding carboxylic acids is 1. The fourth-order valence-corrected chi connectivity index (χ4v) is 4.91. The number of nitrogens with zero attached hydrogens (tertiary/aromatic N) is 3. The number of aryl methyl sites for hydroxylation is 2. The van der Waals surface area contributed by atoms with Crippen molar-refractivity contribution in [1.82, 2.24) is 9.55 Å². The number of methoxy groups -OCH3 is 1. The van der Waals surface area contributed by atoms with Crippen LogP contribution in [0, 0.1) is 13.8 Å². The van der Waals surface area contributed by atoms with E-state index in [9.17, 15) is 4.79 Å². The van der Waals surface area contributed by atoms with E-state index in [1.165, 1.54) is 0 Å². The molecule has 1 aliphatic rings. The first-order valence-corrected chi connectivity index (χ1v) is 11.6. The second kappa shape index (κ2) is 9.21. The van der Waals surface area contributed by atoms with Gasteiger partial charge in [0.25, 0.3) is 0 Å². The third-order valence-electron chi connectivity index (χ3n) is 6.51. The summed E-state index contributed by atoms with van der Waals surface area (Å²) in [6.45, 7) is 5.88. The van der Waals surface area contributed by atoms with Crippen molar-refractivity contribution in [1.29, 1.82) is 0 Å². The molecule has 4 aromatic rings. The van der Waals surface area contributed by atoms with Gasteiger partial charge < -0.3 is 18.9 Å². The second-order valence-corrected chi connectivity index (χ2v) is 8.78. The van der Waals surface area contributed by atoms with Crippen LogP contribution in [0.2, 0.25) is 0 Å². The summed E-state index contributed by atoms with van der Waals surface area (Å²) >= 11 is 0. The predicted octanol–water partition coefficient (Wildman–Crippen LogP) is 5.26. The molecule has 6 nitrogen and oxygen atoms in total. The molecule has 34 heavy (non-hydrogen) atoms. The number of rotatable bonds is 7. The van der Waals surface area contributed by atoms with Gasteiger partial charge >= 0.3 is 0 Å². The Labute approximate surface area is 199 Å². The highest BCUT2D eigenvalue weighted by Crippen LogP contribution is 2.36. The SMILES string of the molecule is COc1cccc(OCCn2c(C3CC(=O)N(c4c(C)cccc4C)C3)nc3ccccc32)c1. The van der Waals surface area contributed by atoms with Crippen molar-refractivity contribution in [3.05, 3.63) is 83.7 Å².